The maximum Gasteiger partial charge on any atom is 0.154 e. The van der Waals surface area contributed by atoms with Crippen LogP contribution < -0.4 is 0 Å². The van der Waals surface area contributed by atoms with Crippen LogP contribution >= 0.6 is 0 Å². The summed E-state index contributed by atoms with van der Waals surface area (Å²) < 4.78 is 28.1. The van der Waals surface area contributed by atoms with Crippen molar-refractivity contribution in [2.45, 2.75) is 18.7 Å². The van der Waals surface area contributed by atoms with Gasteiger partial charge in [0.2, 0.25) is 0 Å². The van der Waals surface area contributed by atoms with Gasteiger partial charge in [-0.15, -0.1) is 0 Å². The zero-order chi connectivity index (χ0) is 13.2. The van der Waals surface area contributed by atoms with E-state index in [9.17, 15) is 13.5 Å². The standard InChI is InChI=1S/C11H14N2O4S/c12-3-4-13(6-9-2-1-5-17-9)10-7-18(15,16)8-11(10)14/h1-2,5,10-11,14H,4,6-8H2. The predicted molar refractivity (Wildman–Crippen MR) is 63.2 cm³/mol. The highest BCUT2D eigenvalue weighted by molar-refractivity contribution is 7.91. The van der Waals surface area contributed by atoms with E-state index in [0.717, 1.165) is 0 Å². The number of aliphatic hydroxyl groups excluding tert-OH is 1. The molecule has 0 aliphatic carbocycles. The largest absolute Gasteiger partial charge is 0.468 e. The molecule has 0 amide bonds. The molecular formula is C11H14N2O4S. The number of furan rings is 1. The Bertz CT molecular complexity index is 532. The van der Waals surface area contributed by atoms with Crippen molar-refractivity contribution in [3.63, 3.8) is 0 Å². The molecule has 0 aromatic carbocycles. The van der Waals surface area contributed by atoms with E-state index in [2.05, 4.69) is 0 Å². The maximum atomic E-state index is 11.5. The van der Waals surface area contributed by atoms with Gasteiger partial charge in [-0.2, -0.15) is 5.26 Å². The zero-order valence-electron chi connectivity index (χ0n) is 9.69. The third-order valence-electron chi connectivity index (χ3n) is 2.98. The van der Waals surface area contributed by atoms with Crippen molar-refractivity contribution in [2.75, 3.05) is 18.1 Å². The molecule has 2 unspecified atom stereocenters. The van der Waals surface area contributed by atoms with Crippen LogP contribution in [0.2, 0.25) is 0 Å². The molecule has 7 heteroatoms. The topological polar surface area (TPSA) is 94.5 Å². The van der Waals surface area contributed by atoms with Gasteiger partial charge in [-0.25, -0.2) is 8.42 Å². The number of rotatable bonds is 4. The van der Waals surface area contributed by atoms with Gasteiger partial charge >= 0.3 is 0 Å². The number of sulfone groups is 1. The van der Waals surface area contributed by atoms with E-state index in [1.807, 2.05) is 6.07 Å². The second kappa shape index (κ2) is 5.10. The maximum absolute atomic E-state index is 11.5. The van der Waals surface area contributed by atoms with Crippen LogP contribution in [0.5, 0.6) is 0 Å². The van der Waals surface area contributed by atoms with Crippen molar-refractivity contribution in [3.8, 4) is 6.07 Å². The number of hydrogen-bond donors (Lipinski definition) is 1. The highest BCUT2D eigenvalue weighted by Gasteiger charge is 2.40. The molecule has 2 heterocycles. The first-order valence-corrected chi connectivity index (χ1v) is 7.36. The van der Waals surface area contributed by atoms with Gasteiger partial charge in [0.15, 0.2) is 9.84 Å². The number of nitriles is 1. The normalized spacial score (nSPS) is 26.3. The van der Waals surface area contributed by atoms with Crippen LogP contribution in [0, 0.1) is 11.3 Å². The molecule has 0 radical (unpaired) electrons. The van der Waals surface area contributed by atoms with Crippen LogP contribution in [0.3, 0.4) is 0 Å². The van der Waals surface area contributed by atoms with E-state index in [-0.39, 0.29) is 18.1 Å². The lowest BCUT2D eigenvalue weighted by Gasteiger charge is -2.26. The Morgan fingerprint density at radius 2 is 2.33 bits per heavy atom. The summed E-state index contributed by atoms with van der Waals surface area (Å²) in [5.74, 6) is 0.288. The molecule has 1 aromatic rings. The van der Waals surface area contributed by atoms with E-state index in [4.69, 9.17) is 9.68 Å². The Hall–Kier alpha value is -1.36. The second-order valence-corrected chi connectivity index (χ2v) is 6.51. The lowest BCUT2D eigenvalue weighted by atomic mass is 10.1. The molecule has 6 nitrogen and oxygen atoms in total. The number of nitrogens with zero attached hydrogens (tertiary/aromatic N) is 2. The van der Waals surface area contributed by atoms with Crippen molar-refractivity contribution in [1.82, 2.24) is 4.90 Å². The lowest BCUT2D eigenvalue weighted by molar-refractivity contribution is 0.0829. The van der Waals surface area contributed by atoms with Crippen molar-refractivity contribution in [3.05, 3.63) is 24.2 Å². The van der Waals surface area contributed by atoms with Crippen molar-refractivity contribution in [1.29, 1.82) is 5.26 Å². The summed E-state index contributed by atoms with van der Waals surface area (Å²) in [5.41, 5.74) is 0. The summed E-state index contributed by atoms with van der Waals surface area (Å²) in [6.45, 7) is 0.371. The quantitative estimate of drug-likeness (QED) is 0.759. The van der Waals surface area contributed by atoms with Gasteiger partial charge in [-0.1, -0.05) is 0 Å². The molecule has 1 aliphatic heterocycles. The highest BCUT2D eigenvalue weighted by atomic mass is 32.2. The first-order chi connectivity index (χ1) is 8.52. The Morgan fingerprint density at radius 3 is 2.83 bits per heavy atom. The van der Waals surface area contributed by atoms with Gasteiger partial charge in [0.05, 0.1) is 49.1 Å². The van der Waals surface area contributed by atoms with Crippen molar-refractivity contribution in [2.24, 2.45) is 0 Å². The van der Waals surface area contributed by atoms with Crippen molar-refractivity contribution >= 4 is 9.84 Å². The van der Waals surface area contributed by atoms with Crippen LogP contribution in [0.4, 0.5) is 0 Å². The second-order valence-electron chi connectivity index (χ2n) is 4.35. The number of aliphatic hydroxyl groups is 1. The van der Waals surface area contributed by atoms with Crippen molar-refractivity contribution < 1.29 is 17.9 Å². The van der Waals surface area contributed by atoms with Crippen LogP contribution in [0.1, 0.15) is 5.76 Å². The average molecular weight is 270 g/mol. The summed E-state index contributed by atoms with van der Waals surface area (Å²) in [4.78, 5) is 1.63. The van der Waals surface area contributed by atoms with E-state index < -0.39 is 22.0 Å². The minimum absolute atomic E-state index is 0.0535. The number of hydrogen-bond acceptors (Lipinski definition) is 6. The minimum Gasteiger partial charge on any atom is -0.468 e. The molecule has 1 N–H and O–H groups in total. The summed E-state index contributed by atoms with van der Waals surface area (Å²) >= 11 is 0. The van der Waals surface area contributed by atoms with Gasteiger partial charge < -0.3 is 9.52 Å². The Labute approximate surface area is 105 Å². The van der Waals surface area contributed by atoms with E-state index in [1.165, 1.54) is 6.26 Å². The molecule has 2 rings (SSSR count). The molecule has 1 saturated heterocycles. The first-order valence-electron chi connectivity index (χ1n) is 5.54. The minimum atomic E-state index is -3.22. The first kappa shape index (κ1) is 13.1. The van der Waals surface area contributed by atoms with Gasteiger partial charge in [0.1, 0.15) is 5.76 Å². The summed E-state index contributed by atoms with van der Waals surface area (Å²) in [6, 6.07) is 4.92. The highest BCUT2D eigenvalue weighted by Crippen LogP contribution is 2.20. The van der Waals surface area contributed by atoms with Gasteiger partial charge in [-0.05, 0) is 12.1 Å². The third-order valence-corrected chi connectivity index (χ3v) is 4.67. The molecule has 1 fully saturated rings. The molecule has 0 bridgehead atoms. The molecule has 18 heavy (non-hydrogen) atoms. The molecular weight excluding hydrogens is 256 g/mol. The smallest absolute Gasteiger partial charge is 0.154 e. The average Bonchev–Trinajstić information content (AvgIpc) is 2.85. The van der Waals surface area contributed by atoms with Gasteiger partial charge in [-0.3, -0.25) is 4.90 Å². The van der Waals surface area contributed by atoms with E-state index in [1.54, 1.807) is 17.0 Å². The summed E-state index contributed by atoms with van der Waals surface area (Å²) in [6.07, 6.45) is 0.570. The molecule has 1 aromatic heterocycles. The Kier molecular flexibility index (Phi) is 3.71. The zero-order valence-corrected chi connectivity index (χ0v) is 10.5. The van der Waals surface area contributed by atoms with Crippen LogP contribution in [-0.4, -0.2) is 48.6 Å². The predicted octanol–water partition coefficient (Wildman–Crippen LogP) is -0.237. The molecule has 0 spiro atoms. The van der Waals surface area contributed by atoms with Crippen LogP contribution in [0.25, 0.3) is 0 Å². The van der Waals surface area contributed by atoms with Gasteiger partial charge in [0.25, 0.3) is 0 Å². The molecule has 98 valence electrons. The molecule has 1 aliphatic rings. The van der Waals surface area contributed by atoms with Crippen LogP contribution in [-0.2, 0) is 16.4 Å². The Balaban J connectivity index is 2.13. The fourth-order valence-corrected chi connectivity index (χ4v) is 3.98. The van der Waals surface area contributed by atoms with E-state index >= 15 is 0 Å². The van der Waals surface area contributed by atoms with E-state index in [0.29, 0.717) is 12.3 Å². The fraction of sp³-hybridized carbons (Fsp3) is 0.545. The Morgan fingerprint density at radius 1 is 1.56 bits per heavy atom. The molecule has 2 atom stereocenters. The van der Waals surface area contributed by atoms with Gasteiger partial charge in [0, 0.05) is 0 Å². The monoisotopic (exact) mass is 270 g/mol. The SMILES string of the molecule is N#CCN(Cc1ccco1)C1CS(=O)(=O)CC1O. The summed E-state index contributed by atoms with van der Waals surface area (Å²) in [7, 11) is -3.22. The van der Waals surface area contributed by atoms with Crippen LogP contribution in [0.15, 0.2) is 22.8 Å². The fourth-order valence-electron chi connectivity index (χ4n) is 2.14. The summed E-state index contributed by atoms with van der Waals surface area (Å²) in [5, 5.41) is 18.6. The molecule has 0 saturated carbocycles. The lowest BCUT2D eigenvalue weighted by Crippen LogP contribution is -2.42. The third kappa shape index (κ3) is 2.90.